The molecule has 142 valence electrons. The molecule has 0 fully saturated rings. The Kier molecular flexibility index (Phi) is 6.44. The summed E-state index contributed by atoms with van der Waals surface area (Å²) in [7, 11) is 1.64. The van der Waals surface area contributed by atoms with Crippen molar-refractivity contribution in [3.05, 3.63) is 59.5 Å². The molecule has 0 spiro atoms. The fourth-order valence-corrected chi connectivity index (χ4v) is 2.73. The molecule has 0 atom stereocenters. The lowest BCUT2D eigenvalue weighted by molar-refractivity contribution is 0.0944. The van der Waals surface area contributed by atoms with E-state index in [2.05, 4.69) is 10.3 Å². The molecule has 1 aromatic heterocycles. The Balaban J connectivity index is 1.64. The number of hydrogen-bond acceptors (Lipinski definition) is 5. The summed E-state index contributed by atoms with van der Waals surface area (Å²) in [4.78, 5) is 16.8. The van der Waals surface area contributed by atoms with Gasteiger partial charge in [0.25, 0.3) is 5.91 Å². The van der Waals surface area contributed by atoms with Crippen LogP contribution in [0.15, 0.2) is 46.9 Å². The first-order valence-corrected chi connectivity index (χ1v) is 9.08. The number of benzene rings is 2. The maximum absolute atomic E-state index is 12.3. The highest BCUT2D eigenvalue weighted by atomic mass is 16.5. The quantitative estimate of drug-likeness (QED) is 0.584. The number of nitrogens with one attached hydrogen (secondary N) is 1. The van der Waals surface area contributed by atoms with E-state index in [1.807, 2.05) is 37.3 Å². The topological polar surface area (TPSA) is 73.6 Å². The molecule has 3 rings (SSSR count). The number of amides is 1. The van der Waals surface area contributed by atoms with E-state index in [9.17, 15) is 4.79 Å². The first-order chi connectivity index (χ1) is 13.2. The molecule has 1 N–H and O–H groups in total. The van der Waals surface area contributed by atoms with E-state index in [0.29, 0.717) is 43.2 Å². The number of fused-ring (bicyclic) bond motifs is 1. The van der Waals surface area contributed by atoms with Crippen molar-refractivity contribution in [3.63, 3.8) is 0 Å². The van der Waals surface area contributed by atoms with Gasteiger partial charge in [-0.05, 0) is 49.2 Å². The van der Waals surface area contributed by atoms with Crippen LogP contribution in [0.1, 0.15) is 35.2 Å². The maximum atomic E-state index is 12.3. The molecular weight excluding hydrogens is 344 g/mol. The van der Waals surface area contributed by atoms with Gasteiger partial charge in [0.1, 0.15) is 11.3 Å². The number of carbonyl (C=O) groups is 1. The zero-order chi connectivity index (χ0) is 19.1. The van der Waals surface area contributed by atoms with Gasteiger partial charge < -0.3 is 19.2 Å². The van der Waals surface area contributed by atoms with E-state index in [-0.39, 0.29) is 5.91 Å². The normalized spacial score (nSPS) is 10.9. The van der Waals surface area contributed by atoms with Crippen LogP contribution in [0.5, 0.6) is 5.75 Å². The second-order valence-corrected chi connectivity index (χ2v) is 6.12. The summed E-state index contributed by atoms with van der Waals surface area (Å²) in [6, 6.07) is 13.1. The van der Waals surface area contributed by atoms with E-state index in [1.165, 1.54) is 0 Å². The summed E-state index contributed by atoms with van der Waals surface area (Å²) < 4.78 is 16.3. The minimum absolute atomic E-state index is 0.124. The van der Waals surface area contributed by atoms with Crippen LogP contribution < -0.4 is 10.1 Å². The minimum Gasteiger partial charge on any atom is -0.497 e. The molecule has 0 saturated heterocycles. The lowest BCUT2D eigenvalue weighted by atomic mass is 10.1. The molecule has 3 aromatic rings. The molecule has 0 radical (unpaired) electrons. The predicted octanol–water partition coefficient (Wildman–Crippen LogP) is 3.58. The molecule has 0 aliphatic heterocycles. The summed E-state index contributed by atoms with van der Waals surface area (Å²) in [6.07, 6.45) is 1.37. The number of ether oxygens (including phenoxy) is 2. The number of nitrogens with zero attached hydrogens (tertiary/aromatic N) is 1. The summed E-state index contributed by atoms with van der Waals surface area (Å²) in [6.45, 7) is 3.87. The van der Waals surface area contributed by atoms with Crippen LogP contribution in [0.3, 0.4) is 0 Å². The van der Waals surface area contributed by atoms with Gasteiger partial charge in [-0.1, -0.05) is 12.1 Å². The van der Waals surface area contributed by atoms with Crippen LogP contribution in [0, 0.1) is 0 Å². The van der Waals surface area contributed by atoms with Crippen molar-refractivity contribution in [2.45, 2.75) is 19.8 Å². The number of oxazole rings is 1. The van der Waals surface area contributed by atoms with Crippen molar-refractivity contribution in [1.82, 2.24) is 10.3 Å². The highest BCUT2D eigenvalue weighted by molar-refractivity contribution is 5.97. The molecular formula is C21H24N2O4. The monoisotopic (exact) mass is 368 g/mol. The van der Waals surface area contributed by atoms with Gasteiger partial charge in [0.05, 0.1) is 7.11 Å². The van der Waals surface area contributed by atoms with E-state index in [0.717, 1.165) is 23.3 Å². The van der Waals surface area contributed by atoms with Crippen LogP contribution >= 0.6 is 0 Å². The molecule has 27 heavy (non-hydrogen) atoms. The largest absolute Gasteiger partial charge is 0.497 e. The maximum Gasteiger partial charge on any atom is 0.251 e. The number of rotatable bonds is 9. The third-order valence-corrected chi connectivity index (χ3v) is 4.16. The number of hydrogen-bond donors (Lipinski definition) is 1. The van der Waals surface area contributed by atoms with Crippen LogP contribution in [-0.4, -0.2) is 37.8 Å². The van der Waals surface area contributed by atoms with Crippen molar-refractivity contribution in [2.75, 3.05) is 26.9 Å². The van der Waals surface area contributed by atoms with Gasteiger partial charge in [0.15, 0.2) is 11.5 Å². The van der Waals surface area contributed by atoms with Crippen molar-refractivity contribution in [1.29, 1.82) is 0 Å². The van der Waals surface area contributed by atoms with Crippen LogP contribution in [-0.2, 0) is 11.2 Å². The molecule has 6 heteroatoms. The smallest absolute Gasteiger partial charge is 0.251 e. The third kappa shape index (κ3) is 5.08. The zero-order valence-electron chi connectivity index (χ0n) is 15.7. The van der Waals surface area contributed by atoms with Crippen molar-refractivity contribution < 1.29 is 18.7 Å². The predicted molar refractivity (Wildman–Crippen MR) is 103 cm³/mol. The molecule has 0 unspecified atom stereocenters. The molecule has 1 amide bonds. The number of aromatic nitrogens is 1. The number of methoxy groups -OCH3 is 1. The third-order valence-electron chi connectivity index (χ3n) is 4.16. The molecule has 0 aliphatic carbocycles. The molecule has 2 aromatic carbocycles. The fraction of sp³-hybridized carbons (Fsp3) is 0.333. The Labute approximate surface area is 158 Å². The Morgan fingerprint density at radius 2 is 2.00 bits per heavy atom. The van der Waals surface area contributed by atoms with Gasteiger partial charge >= 0.3 is 0 Å². The van der Waals surface area contributed by atoms with Crippen LogP contribution in [0.4, 0.5) is 0 Å². The van der Waals surface area contributed by atoms with E-state index >= 15 is 0 Å². The molecule has 0 bridgehead atoms. The van der Waals surface area contributed by atoms with E-state index < -0.39 is 0 Å². The summed E-state index contributed by atoms with van der Waals surface area (Å²) in [5.74, 6) is 1.30. The first kappa shape index (κ1) is 18.9. The van der Waals surface area contributed by atoms with E-state index in [4.69, 9.17) is 13.9 Å². The highest BCUT2D eigenvalue weighted by Crippen LogP contribution is 2.20. The Morgan fingerprint density at radius 3 is 2.74 bits per heavy atom. The Hall–Kier alpha value is -2.86. The standard InChI is InChI=1S/C21H24N2O4/c1-3-26-12-4-11-22-21(24)16-7-10-18-19(14-16)27-20(23-18)13-15-5-8-17(25-2)9-6-15/h5-10,14H,3-4,11-13H2,1-2H3,(H,22,24). The lowest BCUT2D eigenvalue weighted by Gasteiger charge is -2.05. The highest BCUT2D eigenvalue weighted by Gasteiger charge is 2.11. The van der Waals surface area contributed by atoms with Gasteiger partial charge in [0.2, 0.25) is 0 Å². The van der Waals surface area contributed by atoms with Gasteiger partial charge in [0, 0.05) is 31.7 Å². The second-order valence-electron chi connectivity index (χ2n) is 6.12. The van der Waals surface area contributed by atoms with Gasteiger partial charge in [-0.15, -0.1) is 0 Å². The van der Waals surface area contributed by atoms with Crippen molar-refractivity contribution >= 4 is 17.0 Å². The Morgan fingerprint density at radius 1 is 1.19 bits per heavy atom. The van der Waals surface area contributed by atoms with Crippen molar-refractivity contribution in [2.24, 2.45) is 0 Å². The molecule has 6 nitrogen and oxygen atoms in total. The number of carbonyl (C=O) groups excluding carboxylic acids is 1. The van der Waals surface area contributed by atoms with Crippen LogP contribution in [0.2, 0.25) is 0 Å². The summed E-state index contributed by atoms with van der Waals surface area (Å²) >= 11 is 0. The molecule has 1 heterocycles. The van der Waals surface area contributed by atoms with Crippen LogP contribution in [0.25, 0.3) is 11.1 Å². The summed E-state index contributed by atoms with van der Waals surface area (Å²) in [5.41, 5.74) is 2.99. The minimum atomic E-state index is -0.124. The summed E-state index contributed by atoms with van der Waals surface area (Å²) in [5, 5.41) is 2.89. The fourth-order valence-electron chi connectivity index (χ4n) is 2.73. The second kappa shape index (κ2) is 9.19. The zero-order valence-corrected chi connectivity index (χ0v) is 15.7. The first-order valence-electron chi connectivity index (χ1n) is 9.08. The molecule has 0 saturated carbocycles. The average molecular weight is 368 g/mol. The Bertz CT molecular complexity index is 887. The lowest BCUT2D eigenvalue weighted by Crippen LogP contribution is -2.25. The molecule has 0 aliphatic rings. The van der Waals surface area contributed by atoms with Gasteiger partial charge in [-0.2, -0.15) is 0 Å². The average Bonchev–Trinajstić information content (AvgIpc) is 3.09. The van der Waals surface area contributed by atoms with E-state index in [1.54, 1.807) is 19.2 Å². The SMILES string of the molecule is CCOCCCNC(=O)c1ccc2nc(Cc3ccc(OC)cc3)oc2c1. The van der Waals surface area contributed by atoms with Crippen molar-refractivity contribution in [3.8, 4) is 5.75 Å². The van der Waals surface area contributed by atoms with Gasteiger partial charge in [-0.3, -0.25) is 4.79 Å². The van der Waals surface area contributed by atoms with Gasteiger partial charge in [-0.25, -0.2) is 4.98 Å².